The monoisotopic (exact) mass is 405 g/mol. The Morgan fingerprint density at radius 3 is 2.57 bits per heavy atom. The molecular weight excluding hydrogens is 391 g/mol. The molecule has 0 bridgehead atoms. The average molecular weight is 405 g/mol. The molecule has 0 unspecified atom stereocenters. The van der Waals surface area contributed by atoms with E-state index in [2.05, 4.69) is 0 Å². The molecule has 0 aliphatic rings. The minimum absolute atomic E-state index is 0.399. The van der Waals surface area contributed by atoms with Gasteiger partial charge in [0.1, 0.15) is 5.75 Å². The van der Waals surface area contributed by atoms with Gasteiger partial charge in [0.25, 0.3) is 12.0 Å². The van der Waals surface area contributed by atoms with E-state index in [0.717, 1.165) is 15.7 Å². The zero-order valence-corrected chi connectivity index (χ0v) is 13.7. The lowest BCUT2D eigenvalue weighted by molar-refractivity contribution is 0.125. The number of aromatic nitrogens is 1. The Balaban J connectivity index is 2.63. The quantitative estimate of drug-likeness (QED) is 0.727. The molecule has 1 heterocycles. The third-order valence-corrected chi connectivity index (χ3v) is 3.98. The molecule has 0 fully saturated rings. The van der Waals surface area contributed by atoms with Crippen LogP contribution in [0.25, 0.3) is 11.3 Å². The Kier molecular flexibility index (Phi) is 4.97. The molecule has 3 nitrogen and oxygen atoms in total. The van der Waals surface area contributed by atoms with E-state index in [-0.39, 0.29) is 0 Å². The van der Waals surface area contributed by atoms with Crippen molar-refractivity contribution in [2.24, 2.45) is 0 Å². The highest BCUT2D eigenvalue weighted by Crippen LogP contribution is 2.27. The van der Waals surface area contributed by atoms with Crippen molar-refractivity contribution in [3.8, 4) is 17.0 Å². The minimum Gasteiger partial charge on any atom is -0.497 e. The van der Waals surface area contributed by atoms with E-state index >= 15 is 0 Å². The van der Waals surface area contributed by atoms with E-state index in [9.17, 15) is 13.6 Å². The maximum Gasteiger partial charge on any atom is 0.264 e. The topological polar surface area (TPSA) is 31.2 Å². The number of benzene rings is 1. The number of halogens is 3. The fraction of sp³-hybridized carbons (Fsp3) is 0.267. The van der Waals surface area contributed by atoms with Crippen molar-refractivity contribution in [2.45, 2.75) is 19.9 Å². The second-order valence-corrected chi connectivity index (χ2v) is 5.72. The number of rotatable bonds is 4. The molecule has 0 atom stereocenters. The van der Waals surface area contributed by atoms with Crippen LogP contribution in [0.1, 0.15) is 5.56 Å². The standard InChI is InChI=1S/C15H14F2INO2/c1-9-7-10(21-2)3-4-11(9)13-6-5-12(18)15(20)19(13)8-14(16)17/h3-7,14H,8H2,1-2H3. The van der Waals surface area contributed by atoms with E-state index in [4.69, 9.17) is 4.74 Å². The smallest absolute Gasteiger partial charge is 0.264 e. The van der Waals surface area contributed by atoms with Crippen LogP contribution in [0.4, 0.5) is 8.78 Å². The van der Waals surface area contributed by atoms with Crippen LogP contribution in [-0.4, -0.2) is 18.1 Å². The Labute approximate surface area is 134 Å². The van der Waals surface area contributed by atoms with Crippen molar-refractivity contribution in [3.63, 3.8) is 0 Å². The Morgan fingerprint density at radius 1 is 1.29 bits per heavy atom. The molecule has 0 aliphatic heterocycles. The molecule has 2 rings (SSSR count). The van der Waals surface area contributed by atoms with Crippen molar-refractivity contribution < 1.29 is 13.5 Å². The second-order valence-electron chi connectivity index (χ2n) is 4.55. The maximum absolute atomic E-state index is 12.8. The van der Waals surface area contributed by atoms with Crippen LogP contribution in [0.2, 0.25) is 0 Å². The molecule has 1 aromatic heterocycles. The number of nitrogens with zero attached hydrogens (tertiary/aromatic N) is 1. The summed E-state index contributed by atoms with van der Waals surface area (Å²) in [6.07, 6.45) is -2.58. The molecular formula is C15H14F2INO2. The molecule has 1 aromatic carbocycles. The summed E-state index contributed by atoms with van der Waals surface area (Å²) < 4.78 is 32.2. The Bertz CT molecular complexity index is 713. The zero-order valence-electron chi connectivity index (χ0n) is 11.6. The lowest BCUT2D eigenvalue weighted by Gasteiger charge is -2.15. The van der Waals surface area contributed by atoms with Crippen LogP contribution in [0.3, 0.4) is 0 Å². The number of ether oxygens (including phenoxy) is 1. The van der Waals surface area contributed by atoms with E-state index in [1.165, 1.54) is 0 Å². The van der Waals surface area contributed by atoms with E-state index in [1.807, 2.05) is 35.6 Å². The number of aryl methyl sites for hydroxylation is 1. The molecule has 0 saturated carbocycles. The van der Waals surface area contributed by atoms with Crippen LogP contribution in [0.15, 0.2) is 35.1 Å². The maximum atomic E-state index is 12.8. The van der Waals surface area contributed by atoms with Gasteiger partial charge in [-0.05, 0) is 65.4 Å². The predicted octanol–water partition coefficient (Wildman–Crippen LogP) is 3.70. The highest BCUT2D eigenvalue weighted by molar-refractivity contribution is 14.1. The fourth-order valence-electron chi connectivity index (χ4n) is 2.16. The Hall–Kier alpha value is -1.44. The first-order valence-electron chi connectivity index (χ1n) is 6.26. The number of pyridine rings is 1. The molecule has 112 valence electrons. The minimum atomic E-state index is -2.58. The van der Waals surface area contributed by atoms with Crippen molar-refractivity contribution in [3.05, 3.63) is 49.8 Å². The van der Waals surface area contributed by atoms with Crippen LogP contribution < -0.4 is 10.3 Å². The first-order valence-corrected chi connectivity index (χ1v) is 7.34. The second kappa shape index (κ2) is 6.55. The van der Waals surface area contributed by atoms with Gasteiger partial charge < -0.3 is 9.30 Å². The van der Waals surface area contributed by atoms with Crippen LogP contribution in [0, 0.1) is 10.5 Å². The molecule has 2 aromatic rings. The van der Waals surface area contributed by atoms with Crippen molar-refractivity contribution in [1.29, 1.82) is 0 Å². The summed E-state index contributed by atoms with van der Waals surface area (Å²) in [5.41, 5.74) is 1.69. The lowest BCUT2D eigenvalue weighted by Crippen LogP contribution is -2.26. The predicted molar refractivity (Wildman–Crippen MR) is 86.1 cm³/mol. The van der Waals surface area contributed by atoms with Gasteiger partial charge in [-0.3, -0.25) is 4.79 Å². The highest BCUT2D eigenvalue weighted by Gasteiger charge is 2.15. The van der Waals surface area contributed by atoms with Gasteiger partial charge in [-0.2, -0.15) is 0 Å². The number of methoxy groups -OCH3 is 1. The third-order valence-electron chi connectivity index (χ3n) is 3.16. The summed E-state index contributed by atoms with van der Waals surface area (Å²) in [6.45, 7) is 1.24. The lowest BCUT2D eigenvalue weighted by atomic mass is 10.0. The molecule has 0 amide bonds. The SMILES string of the molecule is COc1ccc(-c2ccc(I)c(=O)n2CC(F)F)c(C)c1. The zero-order chi connectivity index (χ0) is 15.6. The fourth-order valence-corrected chi connectivity index (χ4v) is 2.63. The summed E-state index contributed by atoms with van der Waals surface area (Å²) in [7, 11) is 1.56. The van der Waals surface area contributed by atoms with E-state index < -0.39 is 18.5 Å². The van der Waals surface area contributed by atoms with Gasteiger partial charge >= 0.3 is 0 Å². The van der Waals surface area contributed by atoms with Crippen LogP contribution >= 0.6 is 22.6 Å². The molecule has 21 heavy (non-hydrogen) atoms. The number of hydrogen-bond donors (Lipinski definition) is 0. The van der Waals surface area contributed by atoms with Gasteiger partial charge in [0.05, 0.1) is 22.9 Å². The van der Waals surface area contributed by atoms with Gasteiger partial charge in [-0.25, -0.2) is 8.78 Å². The summed E-state index contributed by atoms with van der Waals surface area (Å²) >= 11 is 1.85. The number of hydrogen-bond acceptors (Lipinski definition) is 2. The Morgan fingerprint density at radius 2 is 2.00 bits per heavy atom. The van der Waals surface area contributed by atoms with E-state index in [1.54, 1.807) is 31.4 Å². The molecule has 0 N–H and O–H groups in total. The molecule has 0 radical (unpaired) electrons. The van der Waals surface area contributed by atoms with Crippen LogP contribution in [0.5, 0.6) is 5.75 Å². The summed E-state index contributed by atoms with van der Waals surface area (Å²) in [5, 5.41) is 0. The summed E-state index contributed by atoms with van der Waals surface area (Å²) in [6, 6.07) is 8.67. The van der Waals surface area contributed by atoms with Crippen molar-refractivity contribution in [1.82, 2.24) is 4.57 Å². The van der Waals surface area contributed by atoms with Crippen molar-refractivity contribution in [2.75, 3.05) is 7.11 Å². The molecule has 6 heteroatoms. The first kappa shape index (κ1) is 15.9. The molecule has 0 aliphatic carbocycles. The normalized spacial score (nSPS) is 11.0. The highest BCUT2D eigenvalue weighted by atomic mass is 127. The van der Waals surface area contributed by atoms with Crippen molar-refractivity contribution >= 4 is 22.6 Å². The van der Waals surface area contributed by atoms with Gasteiger partial charge in [-0.15, -0.1) is 0 Å². The van der Waals surface area contributed by atoms with Gasteiger partial charge in [-0.1, -0.05) is 0 Å². The van der Waals surface area contributed by atoms with Gasteiger partial charge in [0.15, 0.2) is 0 Å². The largest absolute Gasteiger partial charge is 0.497 e. The first-order chi connectivity index (χ1) is 9.93. The van der Waals surface area contributed by atoms with E-state index in [0.29, 0.717) is 15.0 Å². The van der Waals surface area contributed by atoms with Crippen LogP contribution in [-0.2, 0) is 6.54 Å². The molecule has 0 saturated heterocycles. The number of alkyl halides is 2. The summed E-state index contributed by atoms with van der Waals surface area (Å²) in [5.74, 6) is 0.685. The molecule has 0 spiro atoms. The average Bonchev–Trinajstić information content (AvgIpc) is 2.44. The van der Waals surface area contributed by atoms with Gasteiger partial charge in [0.2, 0.25) is 0 Å². The van der Waals surface area contributed by atoms with Gasteiger partial charge in [0, 0.05) is 5.56 Å². The summed E-state index contributed by atoms with van der Waals surface area (Å²) in [4.78, 5) is 12.1. The third kappa shape index (κ3) is 3.42.